The van der Waals surface area contributed by atoms with Crippen LogP contribution in [-0.4, -0.2) is 16.9 Å². The van der Waals surface area contributed by atoms with Crippen LogP contribution in [0.4, 0.5) is 0 Å². The van der Waals surface area contributed by atoms with Crippen LogP contribution in [0.2, 0.25) is 0 Å². The standard InChI is InChI=1S/C15H20O3/c1-6-14(5)8-15(17)12(7-11(14)9(2)3)10(4)13(16)18-15/h6,11,17H,1-2,7-8H2,3-5H3/t11-,14+,15+/m0/s1. The summed E-state index contributed by atoms with van der Waals surface area (Å²) in [5.41, 5.74) is 1.98. The molecule has 0 bridgehead atoms. The van der Waals surface area contributed by atoms with E-state index in [2.05, 4.69) is 13.2 Å². The van der Waals surface area contributed by atoms with Gasteiger partial charge in [-0.05, 0) is 31.6 Å². The van der Waals surface area contributed by atoms with Gasteiger partial charge in [0.1, 0.15) is 0 Å². The number of carbonyl (C=O) groups excluding carboxylic acids is 1. The quantitative estimate of drug-likeness (QED) is 0.603. The topological polar surface area (TPSA) is 46.5 Å². The summed E-state index contributed by atoms with van der Waals surface area (Å²) in [5.74, 6) is -1.69. The second kappa shape index (κ2) is 3.82. The fourth-order valence-electron chi connectivity index (χ4n) is 3.19. The summed E-state index contributed by atoms with van der Waals surface area (Å²) in [6, 6.07) is 0. The predicted molar refractivity (Wildman–Crippen MR) is 69.6 cm³/mol. The van der Waals surface area contributed by atoms with Crippen molar-refractivity contribution in [3.05, 3.63) is 36.0 Å². The Bertz CT molecular complexity index is 474. The average Bonchev–Trinajstić information content (AvgIpc) is 2.47. The normalized spacial score (nSPS) is 39.3. The van der Waals surface area contributed by atoms with Gasteiger partial charge in [0.2, 0.25) is 5.79 Å². The Hall–Kier alpha value is -1.35. The number of hydrogen-bond donors (Lipinski definition) is 1. The molecule has 1 aliphatic heterocycles. The summed E-state index contributed by atoms with van der Waals surface area (Å²) in [7, 11) is 0. The van der Waals surface area contributed by atoms with E-state index in [1.807, 2.05) is 19.9 Å². The summed E-state index contributed by atoms with van der Waals surface area (Å²) < 4.78 is 5.16. The van der Waals surface area contributed by atoms with E-state index in [1.165, 1.54) is 0 Å². The molecule has 2 aliphatic rings. The zero-order chi connectivity index (χ0) is 13.7. The molecule has 0 saturated heterocycles. The second-order valence-corrected chi connectivity index (χ2v) is 5.77. The lowest BCUT2D eigenvalue weighted by molar-refractivity contribution is -0.197. The summed E-state index contributed by atoms with van der Waals surface area (Å²) in [6.45, 7) is 13.6. The largest absolute Gasteiger partial charge is 0.426 e. The van der Waals surface area contributed by atoms with Crippen LogP contribution in [0.3, 0.4) is 0 Å². The number of esters is 1. The van der Waals surface area contributed by atoms with Gasteiger partial charge in [0.15, 0.2) is 0 Å². The molecule has 1 N–H and O–H groups in total. The number of rotatable bonds is 2. The molecule has 0 aromatic carbocycles. The number of allylic oxidation sites excluding steroid dienone is 2. The summed E-state index contributed by atoms with van der Waals surface area (Å²) >= 11 is 0. The van der Waals surface area contributed by atoms with Gasteiger partial charge in [0, 0.05) is 17.6 Å². The Kier molecular flexibility index (Phi) is 2.78. The van der Waals surface area contributed by atoms with Crippen molar-refractivity contribution in [1.29, 1.82) is 0 Å². The van der Waals surface area contributed by atoms with E-state index in [0.29, 0.717) is 24.0 Å². The third-order valence-corrected chi connectivity index (χ3v) is 4.38. The third-order valence-electron chi connectivity index (χ3n) is 4.38. The van der Waals surface area contributed by atoms with Gasteiger partial charge in [-0.25, -0.2) is 4.79 Å². The molecule has 0 aromatic heterocycles. The van der Waals surface area contributed by atoms with E-state index in [4.69, 9.17) is 4.74 Å². The highest BCUT2D eigenvalue weighted by Gasteiger charge is 2.55. The molecule has 98 valence electrons. The van der Waals surface area contributed by atoms with Gasteiger partial charge in [-0.15, -0.1) is 6.58 Å². The van der Waals surface area contributed by atoms with Gasteiger partial charge in [-0.1, -0.05) is 25.2 Å². The smallest absolute Gasteiger partial charge is 0.336 e. The molecule has 1 heterocycles. The molecule has 0 aromatic rings. The fraction of sp³-hybridized carbons (Fsp3) is 0.533. The van der Waals surface area contributed by atoms with Crippen molar-refractivity contribution in [3.8, 4) is 0 Å². The van der Waals surface area contributed by atoms with E-state index >= 15 is 0 Å². The molecule has 18 heavy (non-hydrogen) atoms. The first kappa shape index (κ1) is 13.1. The zero-order valence-electron chi connectivity index (χ0n) is 11.2. The minimum absolute atomic E-state index is 0.176. The highest BCUT2D eigenvalue weighted by atomic mass is 16.7. The van der Waals surface area contributed by atoms with Crippen LogP contribution in [0.15, 0.2) is 36.0 Å². The molecule has 3 atom stereocenters. The highest BCUT2D eigenvalue weighted by molar-refractivity contribution is 5.92. The Labute approximate surface area is 108 Å². The molecule has 0 spiro atoms. The Morgan fingerprint density at radius 3 is 2.72 bits per heavy atom. The molecule has 1 saturated carbocycles. The number of carbonyl (C=O) groups is 1. The molecular formula is C15H20O3. The maximum absolute atomic E-state index is 11.6. The van der Waals surface area contributed by atoms with Crippen LogP contribution in [0, 0.1) is 11.3 Å². The van der Waals surface area contributed by atoms with Gasteiger partial charge < -0.3 is 9.84 Å². The van der Waals surface area contributed by atoms with Crippen molar-refractivity contribution < 1.29 is 14.6 Å². The van der Waals surface area contributed by atoms with Crippen molar-refractivity contribution in [2.75, 3.05) is 0 Å². The lowest BCUT2D eigenvalue weighted by Crippen LogP contribution is -2.46. The van der Waals surface area contributed by atoms with Crippen molar-refractivity contribution in [2.45, 2.75) is 39.4 Å². The van der Waals surface area contributed by atoms with Crippen molar-refractivity contribution in [2.24, 2.45) is 11.3 Å². The first-order chi connectivity index (χ1) is 8.23. The molecule has 0 radical (unpaired) electrons. The summed E-state index contributed by atoms with van der Waals surface area (Å²) in [5, 5.41) is 10.5. The van der Waals surface area contributed by atoms with Crippen LogP contribution in [0.1, 0.15) is 33.6 Å². The molecular weight excluding hydrogens is 228 g/mol. The maximum Gasteiger partial charge on any atom is 0.336 e. The Morgan fingerprint density at radius 2 is 2.22 bits per heavy atom. The third kappa shape index (κ3) is 1.65. The molecule has 1 fully saturated rings. The first-order valence-corrected chi connectivity index (χ1v) is 6.18. The SMILES string of the molecule is C=C[C@]1(C)C[C@@]2(O)OC(=O)C(C)=C2C[C@H]1C(=C)C. The van der Waals surface area contributed by atoms with Crippen LogP contribution in [0.5, 0.6) is 0 Å². The molecule has 0 unspecified atom stereocenters. The van der Waals surface area contributed by atoms with Crippen LogP contribution in [-0.2, 0) is 9.53 Å². The number of hydrogen-bond acceptors (Lipinski definition) is 3. The molecule has 3 nitrogen and oxygen atoms in total. The fourth-order valence-corrected chi connectivity index (χ4v) is 3.19. The number of fused-ring (bicyclic) bond motifs is 1. The maximum atomic E-state index is 11.6. The van der Waals surface area contributed by atoms with Crippen molar-refractivity contribution >= 4 is 5.97 Å². The van der Waals surface area contributed by atoms with Crippen molar-refractivity contribution in [3.63, 3.8) is 0 Å². The predicted octanol–water partition coefficient (Wildman–Crippen LogP) is 2.73. The van der Waals surface area contributed by atoms with E-state index in [0.717, 1.165) is 5.57 Å². The van der Waals surface area contributed by atoms with Gasteiger partial charge in [0.05, 0.1) is 0 Å². The van der Waals surface area contributed by atoms with Gasteiger partial charge in [-0.2, -0.15) is 0 Å². The van der Waals surface area contributed by atoms with Gasteiger partial charge in [-0.3, -0.25) is 0 Å². The summed E-state index contributed by atoms with van der Waals surface area (Å²) in [6.07, 6.45) is 2.79. The van der Waals surface area contributed by atoms with E-state index in [9.17, 15) is 9.90 Å². The van der Waals surface area contributed by atoms with Crippen LogP contribution < -0.4 is 0 Å². The monoisotopic (exact) mass is 248 g/mol. The van der Waals surface area contributed by atoms with Crippen LogP contribution >= 0.6 is 0 Å². The lowest BCUT2D eigenvalue weighted by Gasteiger charge is -2.46. The highest BCUT2D eigenvalue weighted by Crippen LogP contribution is 2.54. The minimum Gasteiger partial charge on any atom is -0.426 e. The number of aliphatic hydroxyl groups is 1. The lowest BCUT2D eigenvalue weighted by atomic mass is 9.61. The van der Waals surface area contributed by atoms with Crippen LogP contribution in [0.25, 0.3) is 0 Å². The Balaban J connectivity index is 2.49. The Morgan fingerprint density at radius 1 is 1.61 bits per heavy atom. The molecule has 3 heteroatoms. The minimum atomic E-state index is -1.45. The average molecular weight is 248 g/mol. The van der Waals surface area contributed by atoms with Crippen molar-refractivity contribution in [1.82, 2.24) is 0 Å². The zero-order valence-corrected chi connectivity index (χ0v) is 11.2. The number of ether oxygens (including phenoxy) is 1. The van der Waals surface area contributed by atoms with E-state index < -0.39 is 11.8 Å². The van der Waals surface area contributed by atoms with Gasteiger partial charge >= 0.3 is 5.97 Å². The molecule has 2 rings (SSSR count). The summed E-state index contributed by atoms with van der Waals surface area (Å²) in [4.78, 5) is 11.6. The molecule has 1 aliphatic carbocycles. The van der Waals surface area contributed by atoms with Gasteiger partial charge in [0.25, 0.3) is 0 Å². The molecule has 0 amide bonds. The first-order valence-electron chi connectivity index (χ1n) is 6.18. The second-order valence-electron chi connectivity index (χ2n) is 5.77. The van der Waals surface area contributed by atoms with E-state index in [1.54, 1.807) is 6.92 Å². The van der Waals surface area contributed by atoms with E-state index in [-0.39, 0.29) is 11.3 Å².